The first-order valence-electron chi connectivity index (χ1n) is 4.09. The first kappa shape index (κ1) is 10.5. The van der Waals surface area contributed by atoms with E-state index in [1.165, 1.54) is 26.2 Å². The number of methoxy groups -OCH3 is 1. The molecule has 1 unspecified atom stereocenters. The normalized spacial score (nSPS) is 14.5. The van der Waals surface area contributed by atoms with Crippen molar-refractivity contribution in [3.8, 4) is 5.75 Å². The summed E-state index contributed by atoms with van der Waals surface area (Å²) in [7, 11) is 1.48. The fraction of sp³-hybridized carbons (Fsp3) is 0.300. The van der Waals surface area contributed by atoms with E-state index in [1.807, 2.05) is 0 Å². The molecular formula is C10H12O4. The third kappa shape index (κ3) is 1.85. The first-order chi connectivity index (χ1) is 6.48. The number of hydrogen-bond acceptors (Lipinski definition) is 3. The first-order valence-corrected chi connectivity index (χ1v) is 4.09. The molecule has 0 spiro atoms. The molecule has 0 saturated heterocycles. The number of carboxylic acids is 1. The van der Waals surface area contributed by atoms with Crippen molar-refractivity contribution in [3.63, 3.8) is 0 Å². The molecule has 1 aromatic carbocycles. The maximum absolute atomic E-state index is 10.7. The van der Waals surface area contributed by atoms with Gasteiger partial charge in [0.15, 0.2) is 5.60 Å². The van der Waals surface area contributed by atoms with Gasteiger partial charge in [0.05, 0.1) is 7.11 Å². The summed E-state index contributed by atoms with van der Waals surface area (Å²) in [6.45, 7) is 1.23. The fourth-order valence-electron chi connectivity index (χ4n) is 1.05. The number of carboxylic acid groups (broad SMARTS) is 1. The van der Waals surface area contributed by atoms with Crippen LogP contribution in [0.5, 0.6) is 5.75 Å². The van der Waals surface area contributed by atoms with Gasteiger partial charge in [0.1, 0.15) is 5.75 Å². The van der Waals surface area contributed by atoms with Gasteiger partial charge in [-0.15, -0.1) is 0 Å². The number of carbonyl (C=O) groups is 1. The van der Waals surface area contributed by atoms with Crippen molar-refractivity contribution in [2.75, 3.05) is 7.11 Å². The summed E-state index contributed by atoms with van der Waals surface area (Å²) in [5, 5.41) is 18.4. The molecule has 1 atom stereocenters. The van der Waals surface area contributed by atoms with Gasteiger partial charge < -0.3 is 14.9 Å². The fourth-order valence-corrected chi connectivity index (χ4v) is 1.05. The van der Waals surface area contributed by atoms with Gasteiger partial charge in [0.25, 0.3) is 0 Å². The van der Waals surface area contributed by atoms with Gasteiger partial charge in [-0.3, -0.25) is 0 Å². The van der Waals surface area contributed by atoms with Crippen LogP contribution >= 0.6 is 0 Å². The van der Waals surface area contributed by atoms with Crippen LogP contribution in [-0.4, -0.2) is 23.3 Å². The number of ether oxygens (including phenoxy) is 1. The monoisotopic (exact) mass is 196 g/mol. The third-order valence-electron chi connectivity index (χ3n) is 2.05. The van der Waals surface area contributed by atoms with E-state index in [9.17, 15) is 9.90 Å². The smallest absolute Gasteiger partial charge is 0.340 e. The minimum Gasteiger partial charge on any atom is -0.497 e. The minimum absolute atomic E-state index is 0.296. The number of rotatable bonds is 3. The Balaban J connectivity index is 3.12. The zero-order valence-corrected chi connectivity index (χ0v) is 8.02. The summed E-state index contributed by atoms with van der Waals surface area (Å²) in [4.78, 5) is 10.7. The molecule has 0 aliphatic heterocycles. The molecule has 0 aliphatic carbocycles. The van der Waals surface area contributed by atoms with Crippen molar-refractivity contribution in [1.82, 2.24) is 0 Å². The second-order valence-corrected chi connectivity index (χ2v) is 3.11. The van der Waals surface area contributed by atoms with Crippen molar-refractivity contribution in [1.29, 1.82) is 0 Å². The average Bonchev–Trinajstić information content (AvgIpc) is 2.17. The van der Waals surface area contributed by atoms with Crippen LogP contribution in [0.2, 0.25) is 0 Å². The van der Waals surface area contributed by atoms with Gasteiger partial charge in [-0.2, -0.15) is 0 Å². The van der Waals surface area contributed by atoms with Crippen LogP contribution in [0.4, 0.5) is 0 Å². The van der Waals surface area contributed by atoms with Gasteiger partial charge in [-0.1, -0.05) is 12.1 Å². The highest BCUT2D eigenvalue weighted by Gasteiger charge is 2.32. The molecule has 0 heterocycles. The zero-order valence-electron chi connectivity index (χ0n) is 8.02. The molecule has 0 bridgehead atoms. The highest BCUT2D eigenvalue weighted by Crippen LogP contribution is 2.24. The molecule has 14 heavy (non-hydrogen) atoms. The van der Waals surface area contributed by atoms with Crippen molar-refractivity contribution in [2.24, 2.45) is 0 Å². The highest BCUT2D eigenvalue weighted by atomic mass is 16.5. The van der Waals surface area contributed by atoms with Crippen LogP contribution in [0.3, 0.4) is 0 Å². The molecular weight excluding hydrogens is 184 g/mol. The Bertz CT molecular complexity index is 344. The molecule has 76 valence electrons. The van der Waals surface area contributed by atoms with E-state index >= 15 is 0 Å². The molecule has 1 aromatic rings. The average molecular weight is 196 g/mol. The van der Waals surface area contributed by atoms with E-state index in [2.05, 4.69) is 0 Å². The molecule has 4 nitrogen and oxygen atoms in total. The predicted molar refractivity (Wildman–Crippen MR) is 50.2 cm³/mol. The molecule has 0 radical (unpaired) electrons. The van der Waals surface area contributed by atoms with E-state index < -0.39 is 11.6 Å². The summed E-state index contributed by atoms with van der Waals surface area (Å²) in [5.41, 5.74) is -1.58. The van der Waals surface area contributed by atoms with Gasteiger partial charge in [0, 0.05) is 0 Å². The lowest BCUT2D eigenvalue weighted by Crippen LogP contribution is -2.31. The van der Waals surface area contributed by atoms with E-state index in [0.717, 1.165) is 0 Å². The second-order valence-electron chi connectivity index (χ2n) is 3.11. The topological polar surface area (TPSA) is 66.8 Å². The van der Waals surface area contributed by atoms with Gasteiger partial charge >= 0.3 is 5.97 Å². The number of hydrogen-bond donors (Lipinski definition) is 2. The van der Waals surface area contributed by atoms with Gasteiger partial charge in [-0.05, 0) is 24.6 Å². The van der Waals surface area contributed by atoms with Gasteiger partial charge in [-0.25, -0.2) is 4.79 Å². The van der Waals surface area contributed by atoms with Crippen LogP contribution in [0.1, 0.15) is 12.5 Å². The number of aliphatic hydroxyl groups is 1. The number of aliphatic carboxylic acids is 1. The Labute approximate surface area is 81.8 Å². The lowest BCUT2D eigenvalue weighted by molar-refractivity contribution is -0.157. The molecule has 2 N–H and O–H groups in total. The Kier molecular flexibility index (Phi) is 2.76. The summed E-state index contributed by atoms with van der Waals surface area (Å²) in [6.07, 6.45) is 0. The molecule has 0 saturated carbocycles. The van der Waals surface area contributed by atoms with Crippen molar-refractivity contribution in [2.45, 2.75) is 12.5 Å². The van der Waals surface area contributed by atoms with E-state index in [0.29, 0.717) is 11.3 Å². The molecule has 0 aromatic heterocycles. The maximum atomic E-state index is 10.7. The molecule has 0 aliphatic rings. The highest BCUT2D eigenvalue weighted by molar-refractivity contribution is 5.78. The van der Waals surface area contributed by atoms with E-state index in [-0.39, 0.29) is 0 Å². The maximum Gasteiger partial charge on any atom is 0.340 e. The lowest BCUT2D eigenvalue weighted by Gasteiger charge is -2.18. The van der Waals surface area contributed by atoms with Crippen LogP contribution in [0.15, 0.2) is 24.3 Å². The van der Waals surface area contributed by atoms with Crippen molar-refractivity contribution in [3.05, 3.63) is 29.8 Å². The SMILES string of the molecule is COc1cccc(C(C)(O)C(=O)O)c1. The Morgan fingerprint density at radius 3 is 2.64 bits per heavy atom. The van der Waals surface area contributed by atoms with E-state index in [1.54, 1.807) is 12.1 Å². The van der Waals surface area contributed by atoms with Gasteiger partial charge in [0.2, 0.25) is 0 Å². The molecule has 0 fully saturated rings. The summed E-state index contributed by atoms with van der Waals surface area (Å²) >= 11 is 0. The summed E-state index contributed by atoms with van der Waals surface area (Å²) < 4.78 is 4.93. The molecule has 0 amide bonds. The Morgan fingerprint density at radius 1 is 1.50 bits per heavy atom. The standard InChI is InChI=1S/C10H12O4/c1-10(13,9(11)12)7-4-3-5-8(6-7)14-2/h3-6,13H,1-2H3,(H,11,12). The lowest BCUT2D eigenvalue weighted by atomic mass is 9.96. The van der Waals surface area contributed by atoms with E-state index in [4.69, 9.17) is 9.84 Å². The molecule has 1 rings (SSSR count). The van der Waals surface area contributed by atoms with Crippen LogP contribution in [0.25, 0.3) is 0 Å². The summed E-state index contributed by atoms with van der Waals surface area (Å²) in [6, 6.07) is 6.35. The predicted octanol–water partition coefficient (Wildman–Crippen LogP) is 0.987. The minimum atomic E-state index is -1.88. The van der Waals surface area contributed by atoms with Crippen molar-refractivity contribution < 1.29 is 19.7 Å². The molecule has 4 heteroatoms. The van der Waals surface area contributed by atoms with Crippen LogP contribution in [0, 0.1) is 0 Å². The Hall–Kier alpha value is -1.55. The van der Waals surface area contributed by atoms with Crippen LogP contribution < -0.4 is 4.74 Å². The number of benzene rings is 1. The zero-order chi connectivity index (χ0) is 10.8. The Morgan fingerprint density at radius 2 is 2.14 bits per heavy atom. The van der Waals surface area contributed by atoms with Crippen molar-refractivity contribution >= 4 is 5.97 Å². The third-order valence-corrected chi connectivity index (χ3v) is 2.05. The van der Waals surface area contributed by atoms with Crippen LogP contribution in [-0.2, 0) is 10.4 Å². The summed E-state index contributed by atoms with van der Waals surface area (Å²) in [5.74, 6) is -0.769. The largest absolute Gasteiger partial charge is 0.497 e. The quantitative estimate of drug-likeness (QED) is 0.756. The second kappa shape index (κ2) is 3.67.